The van der Waals surface area contributed by atoms with E-state index in [0.29, 0.717) is 13.2 Å². The summed E-state index contributed by atoms with van der Waals surface area (Å²) in [5.41, 5.74) is 6.75. The van der Waals surface area contributed by atoms with Gasteiger partial charge in [-0.05, 0) is 38.9 Å². The van der Waals surface area contributed by atoms with E-state index in [1.807, 2.05) is 212 Å². The SMILES string of the molecule is O[C@H]1O[C@H](COCc2ccccc2)[C@@H](O[C@H]2O[C@H](COCc3ccccc3)[C@@H](OCc3ccccc3)[C@H](OCc3ccccc3)[C@H]2OCc2ccccc2)[C@H](OCc2ccccc2)[C@@H]1OCc1ccccc1. The van der Waals surface area contributed by atoms with Crippen molar-refractivity contribution in [1.82, 2.24) is 0 Å². The number of rotatable bonds is 25. The lowest BCUT2D eigenvalue weighted by Gasteiger charge is -2.49. The van der Waals surface area contributed by atoms with Crippen molar-refractivity contribution in [3.8, 4) is 0 Å². The molecule has 1 N–H and O–H groups in total. The summed E-state index contributed by atoms with van der Waals surface area (Å²) in [5.74, 6) is 0. The fourth-order valence-corrected chi connectivity index (χ4v) is 8.97. The third kappa shape index (κ3) is 14.8. The highest BCUT2D eigenvalue weighted by Gasteiger charge is 2.54. The second-order valence-corrected chi connectivity index (χ2v) is 18.0. The van der Waals surface area contributed by atoms with Gasteiger partial charge in [0, 0.05) is 0 Å². The molecule has 0 bridgehead atoms. The van der Waals surface area contributed by atoms with Crippen LogP contribution in [0.3, 0.4) is 0 Å². The van der Waals surface area contributed by atoms with E-state index < -0.39 is 61.4 Å². The van der Waals surface area contributed by atoms with E-state index in [9.17, 15) is 5.11 Å². The van der Waals surface area contributed by atoms with Gasteiger partial charge in [0.25, 0.3) is 0 Å². The maximum Gasteiger partial charge on any atom is 0.187 e. The predicted molar refractivity (Wildman–Crippen MR) is 272 cm³/mol. The summed E-state index contributed by atoms with van der Waals surface area (Å²) in [6, 6.07) is 69.6. The smallest absolute Gasteiger partial charge is 0.187 e. The van der Waals surface area contributed by atoms with Crippen LogP contribution in [0, 0.1) is 0 Å². The molecule has 10 atom stereocenters. The Labute approximate surface area is 423 Å². The Morgan fingerprint density at radius 2 is 0.569 bits per heavy atom. The van der Waals surface area contributed by atoms with E-state index in [1.54, 1.807) is 0 Å². The van der Waals surface area contributed by atoms with Crippen LogP contribution in [0.15, 0.2) is 212 Å². The van der Waals surface area contributed by atoms with Gasteiger partial charge in [-0.15, -0.1) is 0 Å². The second-order valence-electron chi connectivity index (χ2n) is 18.0. The van der Waals surface area contributed by atoms with Crippen molar-refractivity contribution in [1.29, 1.82) is 0 Å². The number of aliphatic hydroxyl groups is 1. The fourth-order valence-electron chi connectivity index (χ4n) is 8.97. The molecule has 2 aliphatic rings. The average molecular weight is 973 g/mol. The first-order chi connectivity index (χ1) is 35.6. The molecule has 0 unspecified atom stereocenters. The fraction of sp³-hybridized carbons (Fsp3) is 0.311. The summed E-state index contributed by atoms with van der Waals surface area (Å²) in [7, 11) is 0. The minimum absolute atomic E-state index is 0.0375. The Balaban J connectivity index is 1.10. The molecule has 0 amide bonds. The molecule has 7 aromatic rings. The zero-order valence-corrected chi connectivity index (χ0v) is 40.4. The van der Waals surface area contributed by atoms with Crippen LogP contribution in [0.1, 0.15) is 38.9 Å². The molecule has 11 heteroatoms. The zero-order chi connectivity index (χ0) is 49.0. The molecular weight excluding hydrogens is 909 g/mol. The topological polar surface area (TPSA) is 113 Å². The lowest BCUT2D eigenvalue weighted by atomic mass is 9.95. The molecule has 2 fully saturated rings. The van der Waals surface area contributed by atoms with Crippen LogP contribution >= 0.6 is 0 Å². The van der Waals surface area contributed by atoms with Crippen LogP contribution in [0.5, 0.6) is 0 Å². The van der Waals surface area contributed by atoms with Gasteiger partial charge in [0.2, 0.25) is 0 Å². The normalized spacial score (nSPS) is 24.2. The minimum atomic E-state index is -1.41. The maximum absolute atomic E-state index is 12.0. The lowest BCUT2D eigenvalue weighted by molar-refractivity contribution is -0.374. The molecule has 2 heterocycles. The van der Waals surface area contributed by atoms with Crippen molar-refractivity contribution in [3.05, 3.63) is 251 Å². The zero-order valence-electron chi connectivity index (χ0n) is 40.4. The highest BCUT2D eigenvalue weighted by molar-refractivity contribution is 5.19. The summed E-state index contributed by atoms with van der Waals surface area (Å²) < 4.78 is 68.6. The highest BCUT2D eigenvalue weighted by Crippen LogP contribution is 2.36. The van der Waals surface area contributed by atoms with Crippen molar-refractivity contribution in [2.24, 2.45) is 0 Å². The number of aliphatic hydroxyl groups excluding tert-OH is 1. The van der Waals surface area contributed by atoms with Gasteiger partial charge in [-0.1, -0.05) is 212 Å². The first-order valence-electron chi connectivity index (χ1n) is 24.8. The highest BCUT2D eigenvalue weighted by atomic mass is 16.8. The van der Waals surface area contributed by atoms with Gasteiger partial charge >= 0.3 is 0 Å². The van der Waals surface area contributed by atoms with E-state index in [0.717, 1.165) is 38.9 Å². The molecular formula is C61H64O11. The van der Waals surface area contributed by atoms with Crippen molar-refractivity contribution in [2.45, 2.75) is 108 Å². The average Bonchev–Trinajstić information content (AvgIpc) is 3.43. The Hall–Kier alpha value is -5.90. The second kappa shape index (κ2) is 27.2. The van der Waals surface area contributed by atoms with Crippen molar-refractivity contribution in [2.75, 3.05) is 13.2 Å². The van der Waals surface area contributed by atoms with E-state index in [4.69, 9.17) is 47.4 Å². The first kappa shape index (κ1) is 51.0. The monoisotopic (exact) mass is 972 g/mol. The Morgan fingerprint density at radius 3 is 0.931 bits per heavy atom. The van der Waals surface area contributed by atoms with Crippen molar-refractivity contribution >= 4 is 0 Å². The van der Waals surface area contributed by atoms with Crippen molar-refractivity contribution < 1.29 is 52.5 Å². The lowest BCUT2D eigenvalue weighted by Crippen LogP contribution is -2.66. The Morgan fingerprint density at radius 1 is 0.292 bits per heavy atom. The Bertz CT molecular complexity index is 2550. The van der Waals surface area contributed by atoms with Gasteiger partial charge in [-0.25, -0.2) is 0 Å². The third-order valence-corrected chi connectivity index (χ3v) is 12.7. The molecule has 0 aromatic heterocycles. The molecule has 0 aliphatic carbocycles. The molecule has 11 nitrogen and oxygen atoms in total. The summed E-state index contributed by atoms with van der Waals surface area (Å²) in [5, 5.41) is 12.0. The van der Waals surface area contributed by atoms with Gasteiger partial charge in [-0.3, -0.25) is 0 Å². The van der Waals surface area contributed by atoms with Gasteiger partial charge in [0.15, 0.2) is 12.6 Å². The summed E-state index contributed by atoms with van der Waals surface area (Å²) in [4.78, 5) is 0. The number of benzene rings is 7. The van der Waals surface area contributed by atoms with Crippen LogP contribution in [0.2, 0.25) is 0 Å². The van der Waals surface area contributed by atoms with Crippen molar-refractivity contribution in [3.63, 3.8) is 0 Å². The minimum Gasteiger partial charge on any atom is -0.374 e. The molecule has 374 valence electrons. The largest absolute Gasteiger partial charge is 0.374 e. The van der Waals surface area contributed by atoms with Gasteiger partial charge in [-0.2, -0.15) is 0 Å². The van der Waals surface area contributed by atoms with E-state index >= 15 is 0 Å². The quantitative estimate of drug-likeness (QED) is 0.0591. The molecule has 0 spiro atoms. The number of ether oxygens (including phenoxy) is 10. The summed E-state index contributed by atoms with van der Waals surface area (Å²) >= 11 is 0. The number of hydrogen-bond donors (Lipinski definition) is 1. The maximum atomic E-state index is 12.0. The molecule has 0 saturated carbocycles. The molecule has 2 aliphatic heterocycles. The third-order valence-electron chi connectivity index (χ3n) is 12.7. The van der Waals surface area contributed by atoms with Crippen LogP contribution < -0.4 is 0 Å². The molecule has 9 rings (SSSR count). The van der Waals surface area contributed by atoms with E-state index in [-0.39, 0.29) is 46.2 Å². The molecule has 0 radical (unpaired) electrons. The van der Waals surface area contributed by atoms with Crippen LogP contribution in [0.25, 0.3) is 0 Å². The molecule has 2 saturated heterocycles. The van der Waals surface area contributed by atoms with Crippen LogP contribution in [-0.4, -0.2) is 79.7 Å². The van der Waals surface area contributed by atoms with E-state index in [1.165, 1.54) is 0 Å². The van der Waals surface area contributed by atoms with Gasteiger partial charge < -0.3 is 52.5 Å². The molecule has 7 aromatic carbocycles. The number of hydrogen-bond acceptors (Lipinski definition) is 11. The first-order valence-corrected chi connectivity index (χ1v) is 24.8. The van der Waals surface area contributed by atoms with Gasteiger partial charge in [0.1, 0.15) is 48.8 Å². The molecule has 72 heavy (non-hydrogen) atoms. The van der Waals surface area contributed by atoms with Crippen LogP contribution in [0.4, 0.5) is 0 Å². The summed E-state index contributed by atoms with van der Waals surface area (Å²) in [6.45, 7) is 1.91. The van der Waals surface area contributed by atoms with Crippen LogP contribution in [-0.2, 0) is 93.6 Å². The standard InChI is InChI=1S/C61H64O11/c62-60-58(68-41-50-32-18-6-19-33-50)57(67-40-49-30-16-5-17-31-49)55(53(70-60)44-64-37-46-24-10-2-11-25-46)72-61-59(69-42-51-34-20-7-21-35-51)56(66-39-48-28-14-4-15-29-48)54(65-38-47-26-12-3-13-27-47)52(71-61)43-63-36-45-22-8-1-9-23-45/h1-35,52-62H,36-44H2/t52-,53-,54-,55-,56+,57+,58+,59-,60+,61-/m1/s1. The van der Waals surface area contributed by atoms with E-state index in [2.05, 4.69) is 0 Å². The Kier molecular flexibility index (Phi) is 19.3. The summed E-state index contributed by atoms with van der Waals surface area (Å²) in [6.07, 6.45) is -9.37. The van der Waals surface area contributed by atoms with Gasteiger partial charge in [0.05, 0.1) is 59.5 Å². The predicted octanol–water partition coefficient (Wildman–Crippen LogP) is 10.2.